The zero-order valence-corrected chi connectivity index (χ0v) is 7.69. The summed E-state index contributed by atoms with van der Waals surface area (Å²) >= 11 is 0. The first-order chi connectivity index (χ1) is 6.40. The van der Waals surface area contributed by atoms with Crippen LogP contribution in [0.3, 0.4) is 0 Å². The molecule has 1 rings (SSSR count). The predicted molar refractivity (Wildman–Crippen MR) is 43.9 cm³/mol. The van der Waals surface area contributed by atoms with Crippen molar-refractivity contribution < 1.29 is 18.0 Å². The number of amides is 2. The van der Waals surface area contributed by atoms with Crippen molar-refractivity contribution in [2.24, 2.45) is 0 Å². The molecule has 1 aliphatic heterocycles. The average Bonchev–Trinajstić information content (AvgIpc) is 1.95. The Balaban J connectivity index is 2.27. The minimum absolute atomic E-state index is 0.00299. The predicted octanol–water partition coefficient (Wildman–Crippen LogP) is 0.162. The van der Waals surface area contributed by atoms with E-state index in [-0.39, 0.29) is 6.04 Å². The van der Waals surface area contributed by atoms with Crippen LogP contribution in [0.2, 0.25) is 0 Å². The van der Waals surface area contributed by atoms with Crippen molar-refractivity contribution in [3.8, 4) is 0 Å². The molecule has 1 heterocycles. The molecule has 0 radical (unpaired) electrons. The van der Waals surface area contributed by atoms with Crippen LogP contribution >= 0.6 is 0 Å². The molecule has 7 heteroatoms. The van der Waals surface area contributed by atoms with Gasteiger partial charge in [-0.3, -0.25) is 0 Å². The second-order valence-electron chi connectivity index (χ2n) is 3.20. The topological polar surface area (TPSA) is 44.4 Å². The smallest absolute Gasteiger partial charge is 0.329 e. The highest BCUT2D eigenvalue weighted by molar-refractivity contribution is 5.74. The fourth-order valence-electron chi connectivity index (χ4n) is 1.01. The number of hydrogen-bond acceptors (Lipinski definition) is 2. The molecular weight excluding hydrogens is 199 g/mol. The quantitative estimate of drug-likeness (QED) is 0.683. The van der Waals surface area contributed by atoms with Gasteiger partial charge in [-0.1, -0.05) is 0 Å². The van der Waals surface area contributed by atoms with Crippen molar-refractivity contribution in [1.29, 1.82) is 0 Å². The van der Waals surface area contributed by atoms with E-state index >= 15 is 0 Å². The molecule has 0 saturated carbocycles. The van der Waals surface area contributed by atoms with Gasteiger partial charge in [0.05, 0.1) is 6.04 Å². The Labute approximate surface area is 79.4 Å². The normalized spacial score (nSPS) is 17.4. The molecule has 82 valence electrons. The van der Waals surface area contributed by atoms with Crippen LogP contribution in [0.1, 0.15) is 0 Å². The van der Waals surface area contributed by atoms with Crippen molar-refractivity contribution in [3.05, 3.63) is 0 Å². The van der Waals surface area contributed by atoms with E-state index in [9.17, 15) is 18.0 Å². The number of rotatable bonds is 2. The number of alkyl halides is 3. The van der Waals surface area contributed by atoms with Crippen molar-refractivity contribution in [2.75, 3.05) is 26.7 Å². The molecule has 2 amide bonds. The lowest BCUT2D eigenvalue weighted by Gasteiger charge is -2.35. The Bertz CT molecular complexity index is 215. The number of nitrogens with zero attached hydrogens (tertiary/aromatic N) is 1. The third-order valence-corrected chi connectivity index (χ3v) is 2.07. The third-order valence-electron chi connectivity index (χ3n) is 2.07. The first kappa shape index (κ1) is 11.1. The summed E-state index contributed by atoms with van der Waals surface area (Å²) in [5.74, 6) is 0. The lowest BCUT2D eigenvalue weighted by Crippen LogP contribution is -2.59. The SMILES string of the molecule is CN(C(=O)NCC(F)(F)F)C1CNC1. The minimum atomic E-state index is -4.35. The maximum Gasteiger partial charge on any atom is 0.405 e. The van der Waals surface area contributed by atoms with E-state index in [2.05, 4.69) is 5.32 Å². The number of likely N-dealkylation sites (N-methyl/N-ethyl adjacent to an activating group) is 1. The van der Waals surface area contributed by atoms with Gasteiger partial charge in [-0.05, 0) is 0 Å². The summed E-state index contributed by atoms with van der Waals surface area (Å²) in [5, 5.41) is 4.73. The number of nitrogens with one attached hydrogen (secondary N) is 2. The van der Waals surface area contributed by atoms with E-state index in [4.69, 9.17) is 0 Å². The zero-order chi connectivity index (χ0) is 10.8. The molecule has 0 aromatic rings. The van der Waals surface area contributed by atoms with E-state index in [0.29, 0.717) is 13.1 Å². The Morgan fingerprint density at radius 1 is 1.57 bits per heavy atom. The van der Waals surface area contributed by atoms with Crippen LogP contribution in [-0.4, -0.2) is 49.8 Å². The molecule has 0 spiro atoms. The van der Waals surface area contributed by atoms with Gasteiger partial charge in [-0.25, -0.2) is 4.79 Å². The molecule has 0 aliphatic carbocycles. The van der Waals surface area contributed by atoms with Crippen molar-refractivity contribution >= 4 is 6.03 Å². The molecule has 0 aromatic carbocycles. The van der Waals surface area contributed by atoms with Crippen LogP contribution < -0.4 is 10.6 Å². The molecule has 4 nitrogen and oxygen atoms in total. The molecule has 1 fully saturated rings. The van der Waals surface area contributed by atoms with Gasteiger partial charge in [-0.15, -0.1) is 0 Å². The fourth-order valence-corrected chi connectivity index (χ4v) is 1.01. The van der Waals surface area contributed by atoms with Gasteiger partial charge in [-0.2, -0.15) is 13.2 Å². The van der Waals surface area contributed by atoms with Gasteiger partial charge in [0.25, 0.3) is 0 Å². The minimum Gasteiger partial charge on any atom is -0.329 e. The van der Waals surface area contributed by atoms with Gasteiger partial charge in [0.2, 0.25) is 0 Å². The molecule has 1 aliphatic rings. The Hall–Kier alpha value is -0.980. The van der Waals surface area contributed by atoms with E-state index in [1.807, 2.05) is 0 Å². The molecule has 0 bridgehead atoms. The average molecular weight is 211 g/mol. The summed E-state index contributed by atoms with van der Waals surface area (Å²) in [7, 11) is 1.48. The maximum atomic E-state index is 11.7. The lowest BCUT2D eigenvalue weighted by atomic mass is 10.1. The van der Waals surface area contributed by atoms with E-state index in [1.165, 1.54) is 11.9 Å². The molecule has 0 unspecified atom stereocenters. The number of urea groups is 1. The van der Waals surface area contributed by atoms with E-state index in [1.54, 1.807) is 5.32 Å². The molecule has 2 N–H and O–H groups in total. The standard InChI is InChI=1S/C7H12F3N3O/c1-13(5-2-11-3-5)6(14)12-4-7(8,9)10/h5,11H,2-4H2,1H3,(H,12,14). The summed E-state index contributed by atoms with van der Waals surface area (Å²) in [6, 6.07) is -0.683. The molecule has 0 aromatic heterocycles. The highest BCUT2D eigenvalue weighted by Gasteiger charge is 2.30. The summed E-state index contributed by atoms with van der Waals surface area (Å²) in [4.78, 5) is 12.4. The Morgan fingerprint density at radius 2 is 2.14 bits per heavy atom. The van der Waals surface area contributed by atoms with Crippen LogP contribution in [0.15, 0.2) is 0 Å². The Morgan fingerprint density at radius 3 is 2.50 bits per heavy atom. The van der Waals surface area contributed by atoms with Crippen LogP contribution in [0.5, 0.6) is 0 Å². The number of hydrogen-bond donors (Lipinski definition) is 2. The summed E-state index contributed by atoms with van der Waals surface area (Å²) in [6.07, 6.45) is -4.35. The van der Waals surface area contributed by atoms with Gasteiger partial charge in [0.15, 0.2) is 0 Å². The van der Waals surface area contributed by atoms with Gasteiger partial charge < -0.3 is 15.5 Å². The number of carbonyl (C=O) groups is 1. The second-order valence-corrected chi connectivity index (χ2v) is 3.20. The van der Waals surface area contributed by atoms with Crippen LogP contribution in [0.25, 0.3) is 0 Å². The first-order valence-corrected chi connectivity index (χ1v) is 4.18. The largest absolute Gasteiger partial charge is 0.405 e. The maximum absolute atomic E-state index is 11.7. The van der Waals surface area contributed by atoms with Crippen LogP contribution in [0, 0.1) is 0 Å². The van der Waals surface area contributed by atoms with Crippen LogP contribution in [-0.2, 0) is 0 Å². The number of halogens is 3. The number of carbonyl (C=O) groups excluding carboxylic acids is 1. The molecule has 0 atom stereocenters. The third kappa shape index (κ3) is 3.06. The van der Waals surface area contributed by atoms with E-state index in [0.717, 1.165) is 0 Å². The highest BCUT2D eigenvalue weighted by Crippen LogP contribution is 2.12. The van der Waals surface area contributed by atoms with Crippen LogP contribution in [0.4, 0.5) is 18.0 Å². The van der Waals surface area contributed by atoms with Crippen molar-refractivity contribution in [2.45, 2.75) is 12.2 Å². The zero-order valence-electron chi connectivity index (χ0n) is 7.69. The van der Waals surface area contributed by atoms with E-state index < -0.39 is 18.8 Å². The van der Waals surface area contributed by atoms with Gasteiger partial charge in [0.1, 0.15) is 6.54 Å². The summed E-state index contributed by atoms with van der Waals surface area (Å²) in [6.45, 7) is -0.0117. The second kappa shape index (κ2) is 4.04. The first-order valence-electron chi connectivity index (χ1n) is 4.18. The highest BCUT2D eigenvalue weighted by atomic mass is 19.4. The molecular formula is C7H12F3N3O. The monoisotopic (exact) mass is 211 g/mol. The van der Waals surface area contributed by atoms with Gasteiger partial charge in [0, 0.05) is 20.1 Å². The fraction of sp³-hybridized carbons (Fsp3) is 0.857. The van der Waals surface area contributed by atoms with Crippen molar-refractivity contribution in [3.63, 3.8) is 0 Å². The van der Waals surface area contributed by atoms with Gasteiger partial charge >= 0.3 is 12.2 Å². The van der Waals surface area contributed by atoms with Crippen molar-refractivity contribution in [1.82, 2.24) is 15.5 Å². The lowest BCUT2D eigenvalue weighted by molar-refractivity contribution is -0.123. The summed E-state index contributed by atoms with van der Waals surface area (Å²) < 4.78 is 35.2. The molecule has 1 saturated heterocycles. The summed E-state index contributed by atoms with van der Waals surface area (Å²) in [5.41, 5.74) is 0. The Kier molecular flexibility index (Phi) is 3.20. The molecule has 14 heavy (non-hydrogen) atoms.